The van der Waals surface area contributed by atoms with E-state index in [1.54, 1.807) is 6.20 Å². The molecule has 0 spiro atoms. The van der Waals surface area contributed by atoms with Crippen LogP contribution in [0.1, 0.15) is 18.9 Å². The molecule has 0 atom stereocenters. The number of H-pyrrole nitrogens is 2. The van der Waals surface area contributed by atoms with Gasteiger partial charge in [0.2, 0.25) is 0 Å². The van der Waals surface area contributed by atoms with Crippen molar-refractivity contribution >= 4 is 16.9 Å². The highest BCUT2D eigenvalue weighted by atomic mass is 15.3. The third kappa shape index (κ3) is 1.60. The van der Waals surface area contributed by atoms with Crippen LogP contribution < -0.4 is 5.73 Å². The van der Waals surface area contributed by atoms with Crippen LogP contribution in [0.3, 0.4) is 0 Å². The fraction of sp³-hybridized carbons (Fsp3) is 0.273. The van der Waals surface area contributed by atoms with Gasteiger partial charge in [-0.1, -0.05) is 13.3 Å². The Bertz CT molecular complexity index is 668. The summed E-state index contributed by atoms with van der Waals surface area (Å²) in [6, 6.07) is 0. The van der Waals surface area contributed by atoms with Gasteiger partial charge >= 0.3 is 0 Å². The number of aryl methyl sites for hydroxylation is 1. The lowest BCUT2D eigenvalue weighted by atomic mass is 10.1. The molecule has 3 rings (SSSR count). The Morgan fingerprint density at radius 1 is 1.33 bits per heavy atom. The van der Waals surface area contributed by atoms with Gasteiger partial charge in [-0.25, -0.2) is 9.97 Å². The van der Waals surface area contributed by atoms with Crippen molar-refractivity contribution in [2.75, 3.05) is 5.73 Å². The zero-order valence-electron chi connectivity index (χ0n) is 9.94. The number of hydrogen-bond acceptors (Lipinski definition) is 5. The predicted molar refractivity (Wildman–Crippen MR) is 67.7 cm³/mol. The number of nitrogens with one attached hydrogen (secondary N) is 2. The van der Waals surface area contributed by atoms with Gasteiger partial charge in [0.15, 0.2) is 5.82 Å². The Morgan fingerprint density at radius 2 is 2.22 bits per heavy atom. The highest BCUT2D eigenvalue weighted by Gasteiger charge is 2.13. The molecule has 0 radical (unpaired) electrons. The first-order chi connectivity index (χ1) is 8.79. The average molecular weight is 243 g/mol. The van der Waals surface area contributed by atoms with Gasteiger partial charge in [0.05, 0.1) is 11.6 Å². The fourth-order valence-electron chi connectivity index (χ4n) is 2.02. The average Bonchev–Trinajstić information content (AvgIpc) is 2.98. The summed E-state index contributed by atoms with van der Waals surface area (Å²) >= 11 is 0. The number of nitrogen functional groups attached to an aromatic ring is 1. The molecule has 0 amide bonds. The molecular weight excluding hydrogens is 230 g/mol. The van der Waals surface area contributed by atoms with Crippen molar-refractivity contribution < 1.29 is 0 Å². The van der Waals surface area contributed by atoms with E-state index in [1.807, 2.05) is 6.20 Å². The first kappa shape index (κ1) is 10.7. The van der Waals surface area contributed by atoms with Gasteiger partial charge < -0.3 is 10.7 Å². The minimum absolute atomic E-state index is 0.471. The number of nitrogens with zero attached hydrogens (tertiary/aromatic N) is 4. The molecule has 0 aliphatic heterocycles. The predicted octanol–water partition coefficient (Wildman–Crippen LogP) is 1.28. The van der Waals surface area contributed by atoms with E-state index in [-0.39, 0.29) is 0 Å². The van der Waals surface area contributed by atoms with Gasteiger partial charge in [0.25, 0.3) is 0 Å². The largest absolute Gasteiger partial charge is 0.383 e. The molecule has 0 fully saturated rings. The molecule has 4 N–H and O–H groups in total. The number of aromatic amines is 2. The van der Waals surface area contributed by atoms with Gasteiger partial charge in [-0.05, 0) is 12.0 Å². The first-order valence-corrected chi connectivity index (χ1v) is 5.79. The number of anilines is 1. The third-order valence-corrected chi connectivity index (χ3v) is 2.80. The van der Waals surface area contributed by atoms with E-state index < -0.39 is 0 Å². The monoisotopic (exact) mass is 243 g/mol. The number of hydrogen-bond donors (Lipinski definition) is 3. The van der Waals surface area contributed by atoms with Gasteiger partial charge in [0.1, 0.15) is 17.2 Å². The zero-order chi connectivity index (χ0) is 12.5. The topological polar surface area (TPSA) is 109 Å². The summed E-state index contributed by atoms with van der Waals surface area (Å²) in [4.78, 5) is 11.8. The number of rotatable bonds is 3. The molecule has 3 aromatic rings. The molecule has 3 heterocycles. The van der Waals surface area contributed by atoms with Crippen molar-refractivity contribution in [1.82, 2.24) is 30.4 Å². The Balaban J connectivity index is 2.17. The van der Waals surface area contributed by atoms with E-state index in [1.165, 1.54) is 0 Å². The van der Waals surface area contributed by atoms with Crippen molar-refractivity contribution in [1.29, 1.82) is 0 Å². The molecule has 7 heteroatoms. The third-order valence-electron chi connectivity index (χ3n) is 2.80. The van der Waals surface area contributed by atoms with Crippen LogP contribution in [0.15, 0.2) is 12.4 Å². The van der Waals surface area contributed by atoms with Crippen molar-refractivity contribution in [3.05, 3.63) is 18.0 Å². The van der Waals surface area contributed by atoms with Crippen LogP contribution in [-0.2, 0) is 6.42 Å². The second-order valence-corrected chi connectivity index (χ2v) is 4.08. The number of nitrogens with two attached hydrogens (primary N) is 1. The smallest absolute Gasteiger partial charge is 0.185 e. The summed E-state index contributed by atoms with van der Waals surface area (Å²) in [5.74, 6) is 0.946. The molecule has 0 bridgehead atoms. The highest BCUT2D eigenvalue weighted by Crippen LogP contribution is 2.25. The summed E-state index contributed by atoms with van der Waals surface area (Å²) in [7, 11) is 0. The second-order valence-electron chi connectivity index (χ2n) is 4.08. The summed E-state index contributed by atoms with van der Waals surface area (Å²) in [6.45, 7) is 2.12. The number of aromatic nitrogens is 6. The van der Waals surface area contributed by atoms with E-state index in [4.69, 9.17) is 5.73 Å². The second kappa shape index (κ2) is 4.10. The normalized spacial score (nSPS) is 11.2. The van der Waals surface area contributed by atoms with Crippen molar-refractivity contribution in [2.45, 2.75) is 19.8 Å². The van der Waals surface area contributed by atoms with E-state index in [0.29, 0.717) is 17.3 Å². The van der Waals surface area contributed by atoms with Gasteiger partial charge in [-0.15, -0.1) is 0 Å². The summed E-state index contributed by atoms with van der Waals surface area (Å²) in [6.07, 6.45) is 5.51. The minimum atomic E-state index is 0.471. The van der Waals surface area contributed by atoms with E-state index in [0.717, 1.165) is 29.4 Å². The summed E-state index contributed by atoms with van der Waals surface area (Å²) in [5, 5.41) is 11.1. The molecule has 0 aliphatic carbocycles. The molecule has 92 valence electrons. The molecule has 18 heavy (non-hydrogen) atoms. The number of fused-ring (bicyclic) bond motifs is 1. The van der Waals surface area contributed by atoms with Crippen LogP contribution in [0.5, 0.6) is 0 Å². The van der Waals surface area contributed by atoms with E-state index in [2.05, 4.69) is 37.3 Å². The van der Waals surface area contributed by atoms with Crippen LogP contribution in [0, 0.1) is 0 Å². The lowest BCUT2D eigenvalue weighted by molar-refractivity contribution is 0.928. The maximum Gasteiger partial charge on any atom is 0.185 e. The standard InChI is InChI=1S/C11H13N7/c1-2-3-6-4-13-11-8(6)9(12)15-10(16-11)7-5-14-18-17-7/h4-5H,2-3H2,1H3,(H,14,17,18)(H3,12,13,15,16). The van der Waals surface area contributed by atoms with Crippen LogP contribution in [0.4, 0.5) is 5.82 Å². The molecule has 0 saturated heterocycles. The molecule has 0 saturated carbocycles. The summed E-state index contributed by atoms with van der Waals surface area (Å²) < 4.78 is 0. The van der Waals surface area contributed by atoms with Crippen LogP contribution in [0.2, 0.25) is 0 Å². The molecular formula is C11H13N7. The van der Waals surface area contributed by atoms with Crippen molar-refractivity contribution in [2.24, 2.45) is 0 Å². The van der Waals surface area contributed by atoms with Crippen LogP contribution in [-0.4, -0.2) is 30.4 Å². The van der Waals surface area contributed by atoms with E-state index >= 15 is 0 Å². The maximum absolute atomic E-state index is 6.01. The van der Waals surface area contributed by atoms with Gasteiger partial charge in [-0.2, -0.15) is 15.4 Å². The first-order valence-electron chi connectivity index (χ1n) is 5.79. The minimum Gasteiger partial charge on any atom is -0.383 e. The Labute approximate surface area is 103 Å². The zero-order valence-corrected chi connectivity index (χ0v) is 9.94. The lowest BCUT2D eigenvalue weighted by Gasteiger charge is -2.01. The van der Waals surface area contributed by atoms with Crippen LogP contribution in [0.25, 0.3) is 22.6 Å². The Morgan fingerprint density at radius 3 is 2.94 bits per heavy atom. The molecule has 0 unspecified atom stereocenters. The maximum atomic E-state index is 6.01. The highest BCUT2D eigenvalue weighted by molar-refractivity contribution is 5.90. The van der Waals surface area contributed by atoms with Crippen molar-refractivity contribution in [3.63, 3.8) is 0 Å². The summed E-state index contributed by atoms with van der Waals surface area (Å²) in [5.41, 5.74) is 8.48. The molecule has 7 nitrogen and oxygen atoms in total. The quantitative estimate of drug-likeness (QED) is 0.642. The van der Waals surface area contributed by atoms with Gasteiger partial charge in [0, 0.05) is 6.20 Å². The SMILES string of the molecule is CCCc1c[nH]c2nc(-c3cn[nH]n3)nc(N)c12. The van der Waals surface area contributed by atoms with E-state index in [9.17, 15) is 0 Å². The molecule has 0 aromatic carbocycles. The van der Waals surface area contributed by atoms with Crippen molar-refractivity contribution in [3.8, 4) is 11.5 Å². The van der Waals surface area contributed by atoms with Gasteiger partial charge in [-0.3, -0.25) is 0 Å². The molecule has 0 aliphatic rings. The van der Waals surface area contributed by atoms with Crippen LogP contribution >= 0.6 is 0 Å². The molecule has 3 aromatic heterocycles. The Kier molecular flexibility index (Phi) is 2.44. The fourth-order valence-corrected chi connectivity index (χ4v) is 2.02. The Hall–Kier alpha value is -2.44. The lowest BCUT2D eigenvalue weighted by Crippen LogP contribution is -1.98.